The molecule has 2 aliphatic heterocycles. The molecule has 222 valence electrons. The standard InChI is InChI=1S/C22H21NO5.C11H11NO3/c1-5-28-20(15-9-7-6-8-10-15)19-17-11-13(2)16(22(26)27-4)12-18(17)23(14(3)24)21(19)25;1-6-3-7-4-10(13)12-9(7)5-8(6)11(14)15-2/h6-12H,5H2,1-4H3;3,5H,4H2,1-2H3,(H,12,13)/b20-19+;. The fourth-order valence-electron chi connectivity index (χ4n) is 5.04. The molecule has 0 unspecified atom stereocenters. The lowest BCUT2D eigenvalue weighted by Crippen LogP contribution is -2.31. The predicted molar refractivity (Wildman–Crippen MR) is 160 cm³/mol. The molecule has 0 bridgehead atoms. The van der Waals surface area contributed by atoms with Gasteiger partial charge in [0.05, 0.1) is 49.6 Å². The van der Waals surface area contributed by atoms with E-state index in [1.54, 1.807) is 19.1 Å². The number of imide groups is 1. The zero-order chi connectivity index (χ0) is 31.4. The summed E-state index contributed by atoms with van der Waals surface area (Å²) >= 11 is 0. The molecular weight excluding hydrogens is 552 g/mol. The van der Waals surface area contributed by atoms with Crippen LogP contribution in [0.3, 0.4) is 0 Å². The van der Waals surface area contributed by atoms with E-state index in [0.717, 1.165) is 21.6 Å². The molecule has 2 aliphatic rings. The maximum absolute atomic E-state index is 13.2. The van der Waals surface area contributed by atoms with Gasteiger partial charge in [-0.2, -0.15) is 0 Å². The quantitative estimate of drug-likeness (QED) is 0.256. The Hall–Kier alpha value is -5.25. The Labute approximate surface area is 249 Å². The van der Waals surface area contributed by atoms with Crippen molar-refractivity contribution in [3.05, 3.63) is 93.5 Å². The Balaban J connectivity index is 0.000000237. The average molecular weight is 585 g/mol. The van der Waals surface area contributed by atoms with Crippen LogP contribution in [0.4, 0.5) is 11.4 Å². The molecule has 0 aliphatic carbocycles. The fourth-order valence-corrected chi connectivity index (χ4v) is 5.04. The van der Waals surface area contributed by atoms with Crippen molar-refractivity contribution in [3.8, 4) is 0 Å². The third kappa shape index (κ3) is 6.04. The van der Waals surface area contributed by atoms with Gasteiger partial charge in [0, 0.05) is 23.7 Å². The first kappa shape index (κ1) is 30.7. The van der Waals surface area contributed by atoms with Crippen LogP contribution in [0.5, 0.6) is 0 Å². The Kier molecular flexibility index (Phi) is 9.09. The number of fused-ring (bicyclic) bond motifs is 2. The summed E-state index contributed by atoms with van der Waals surface area (Å²) in [6, 6.07) is 16.0. The zero-order valence-electron chi connectivity index (χ0n) is 24.8. The van der Waals surface area contributed by atoms with Crippen LogP contribution in [0.2, 0.25) is 0 Å². The van der Waals surface area contributed by atoms with Gasteiger partial charge in [-0.15, -0.1) is 0 Å². The Morgan fingerprint density at radius 3 is 2.07 bits per heavy atom. The van der Waals surface area contributed by atoms with E-state index in [1.807, 2.05) is 50.2 Å². The number of hydrogen-bond donors (Lipinski definition) is 1. The van der Waals surface area contributed by atoms with Crippen LogP contribution in [0.25, 0.3) is 11.3 Å². The van der Waals surface area contributed by atoms with Crippen molar-refractivity contribution >= 4 is 52.4 Å². The number of carbonyl (C=O) groups is 5. The molecule has 0 radical (unpaired) electrons. The Morgan fingerprint density at radius 1 is 0.884 bits per heavy atom. The summed E-state index contributed by atoms with van der Waals surface area (Å²) in [4.78, 5) is 61.1. The van der Waals surface area contributed by atoms with E-state index in [1.165, 1.54) is 27.2 Å². The van der Waals surface area contributed by atoms with Gasteiger partial charge in [-0.05, 0) is 55.7 Å². The minimum atomic E-state index is -0.526. The van der Waals surface area contributed by atoms with Gasteiger partial charge in [0.1, 0.15) is 5.76 Å². The van der Waals surface area contributed by atoms with Gasteiger partial charge < -0.3 is 19.5 Å². The molecule has 1 N–H and O–H groups in total. The van der Waals surface area contributed by atoms with Crippen molar-refractivity contribution in [1.29, 1.82) is 0 Å². The zero-order valence-corrected chi connectivity index (χ0v) is 24.8. The summed E-state index contributed by atoms with van der Waals surface area (Å²) in [6.45, 7) is 7.09. The summed E-state index contributed by atoms with van der Waals surface area (Å²) in [5, 5.41) is 2.70. The van der Waals surface area contributed by atoms with E-state index in [4.69, 9.17) is 9.47 Å². The summed E-state index contributed by atoms with van der Waals surface area (Å²) in [5.41, 5.74) is 5.87. The molecule has 0 aromatic heterocycles. The molecule has 2 heterocycles. The Bertz CT molecular complexity index is 1670. The van der Waals surface area contributed by atoms with Crippen LogP contribution in [-0.2, 0) is 35.0 Å². The van der Waals surface area contributed by atoms with Crippen molar-refractivity contribution in [1.82, 2.24) is 0 Å². The van der Waals surface area contributed by atoms with Crippen molar-refractivity contribution in [2.24, 2.45) is 0 Å². The number of aryl methyl sites for hydroxylation is 2. The molecule has 0 atom stereocenters. The lowest BCUT2D eigenvalue weighted by Gasteiger charge is -2.14. The van der Waals surface area contributed by atoms with Gasteiger partial charge in [0.25, 0.3) is 5.91 Å². The molecule has 0 fully saturated rings. The number of nitrogens with one attached hydrogen (secondary N) is 1. The second-order valence-corrected chi connectivity index (χ2v) is 9.88. The summed E-state index contributed by atoms with van der Waals surface area (Å²) in [6.07, 6.45) is 0.387. The van der Waals surface area contributed by atoms with Crippen LogP contribution in [0.15, 0.2) is 54.6 Å². The lowest BCUT2D eigenvalue weighted by atomic mass is 9.97. The van der Waals surface area contributed by atoms with E-state index in [0.29, 0.717) is 58.0 Å². The smallest absolute Gasteiger partial charge is 0.338 e. The highest BCUT2D eigenvalue weighted by molar-refractivity contribution is 6.43. The number of esters is 2. The maximum atomic E-state index is 13.2. The molecule has 3 aromatic carbocycles. The highest BCUT2D eigenvalue weighted by Gasteiger charge is 2.39. The minimum absolute atomic E-state index is 0.0357. The first-order chi connectivity index (χ1) is 20.5. The number of carbonyl (C=O) groups excluding carboxylic acids is 5. The first-order valence-electron chi connectivity index (χ1n) is 13.5. The number of hydrogen-bond acceptors (Lipinski definition) is 8. The third-order valence-electron chi connectivity index (χ3n) is 7.02. The predicted octanol–water partition coefficient (Wildman–Crippen LogP) is 4.86. The third-order valence-corrected chi connectivity index (χ3v) is 7.02. The average Bonchev–Trinajstić information content (AvgIpc) is 3.49. The van der Waals surface area contributed by atoms with Gasteiger partial charge in [-0.1, -0.05) is 36.4 Å². The number of anilines is 2. The molecule has 3 amide bonds. The first-order valence-corrected chi connectivity index (χ1v) is 13.5. The van der Waals surface area contributed by atoms with Crippen LogP contribution in [-0.4, -0.2) is 50.5 Å². The molecule has 0 spiro atoms. The summed E-state index contributed by atoms with van der Waals surface area (Å²) < 4.78 is 15.3. The van der Waals surface area contributed by atoms with Crippen molar-refractivity contribution in [3.63, 3.8) is 0 Å². The monoisotopic (exact) mass is 584 g/mol. The van der Waals surface area contributed by atoms with Crippen molar-refractivity contribution < 1.29 is 38.2 Å². The molecular formula is C33H32N2O8. The normalized spacial score (nSPS) is 14.1. The number of ether oxygens (including phenoxy) is 3. The van der Waals surface area contributed by atoms with Crippen LogP contribution >= 0.6 is 0 Å². The fraction of sp³-hybridized carbons (Fsp3) is 0.242. The molecule has 10 heteroatoms. The van der Waals surface area contributed by atoms with Crippen LogP contribution in [0, 0.1) is 13.8 Å². The van der Waals surface area contributed by atoms with E-state index < -0.39 is 17.8 Å². The molecule has 3 aromatic rings. The van der Waals surface area contributed by atoms with Gasteiger partial charge in [-0.3, -0.25) is 14.4 Å². The van der Waals surface area contributed by atoms with Gasteiger partial charge in [-0.25, -0.2) is 14.5 Å². The van der Waals surface area contributed by atoms with Crippen LogP contribution < -0.4 is 10.2 Å². The molecule has 0 saturated heterocycles. The second kappa shape index (κ2) is 12.7. The SMILES string of the molecule is CCO/C(=C1/C(=O)N(C(C)=O)c2cc(C(=O)OC)c(C)cc21)c1ccccc1.COC(=O)c1cc2c(cc1C)CC(=O)N2. The molecule has 0 saturated carbocycles. The van der Waals surface area contributed by atoms with E-state index in [-0.39, 0.29) is 11.9 Å². The largest absolute Gasteiger partial charge is 0.492 e. The van der Waals surface area contributed by atoms with Crippen molar-refractivity contribution in [2.75, 3.05) is 31.0 Å². The minimum Gasteiger partial charge on any atom is -0.492 e. The number of benzene rings is 3. The van der Waals surface area contributed by atoms with Gasteiger partial charge in [0.15, 0.2) is 0 Å². The molecule has 5 rings (SSSR count). The number of rotatable bonds is 5. The maximum Gasteiger partial charge on any atom is 0.338 e. The molecule has 43 heavy (non-hydrogen) atoms. The van der Waals surface area contributed by atoms with Gasteiger partial charge >= 0.3 is 11.9 Å². The summed E-state index contributed by atoms with van der Waals surface area (Å²) in [5.74, 6) is -1.45. The molecule has 10 nitrogen and oxygen atoms in total. The highest BCUT2D eigenvalue weighted by Crippen LogP contribution is 2.43. The summed E-state index contributed by atoms with van der Waals surface area (Å²) in [7, 11) is 2.63. The number of nitrogens with zero attached hydrogens (tertiary/aromatic N) is 1. The van der Waals surface area contributed by atoms with Crippen molar-refractivity contribution in [2.45, 2.75) is 34.1 Å². The lowest BCUT2D eigenvalue weighted by molar-refractivity contribution is -0.122. The Morgan fingerprint density at radius 2 is 1.49 bits per heavy atom. The highest BCUT2D eigenvalue weighted by atomic mass is 16.5. The van der Waals surface area contributed by atoms with E-state index in [9.17, 15) is 24.0 Å². The topological polar surface area (TPSA) is 128 Å². The second-order valence-electron chi connectivity index (χ2n) is 9.88. The van der Waals surface area contributed by atoms with E-state index in [2.05, 4.69) is 10.1 Å². The number of amides is 3. The van der Waals surface area contributed by atoms with Crippen LogP contribution in [0.1, 0.15) is 62.4 Å². The van der Waals surface area contributed by atoms with E-state index >= 15 is 0 Å². The number of methoxy groups -OCH3 is 2. The van der Waals surface area contributed by atoms with Gasteiger partial charge in [0.2, 0.25) is 11.8 Å².